The quantitative estimate of drug-likeness (QED) is 0.0401. The highest BCUT2D eigenvalue weighted by molar-refractivity contribution is 5.69. The van der Waals surface area contributed by atoms with Crippen molar-refractivity contribution in [3.05, 3.63) is 72.9 Å². The number of rotatable bonds is 36. The van der Waals surface area contributed by atoms with Crippen LogP contribution in [-0.4, -0.2) is 36.4 Å². The van der Waals surface area contributed by atoms with Crippen LogP contribution < -0.4 is 0 Å². The number of unbranched alkanes of at least 4 members (excludes halogenated alkanes) is 16. The minimum atomic E-state index is -0.979. The van der Waals surface area contributed by atoms with Crippen molar-refractivity contribution in [2.24, 2.45) is 0 Å². The topological polar surface area (TPSA) is 72.8 Å². The average Bonchev–Trinajstić information content (AvgIpc) is 3.12. The summed E-state index contributed by atoms with van der Waals surface area (Å²) in [6.45, 7) is 4.13. The highest BCUT2D eigenvalue weighted by Crippen LogP contribution is 2.12. The van der Waals surface area contributed by atoms with Crippen molar-refractivity contribution in [1.29, 1.82) is 0 Å². The zero-order valence-corrected chi connectivity index (χ0v) is 32.4. The molecule has 1 atom stereocenters. The van der Waals surface area contributed by atoms with E-state index in [0.29, 0.717) is 12.8 Å². The first-order valence-electron chi connectivity index (χ1n) is 20.5. The zero-order valence-electron chi connectivity index (χ0n) is 32.4. The number of aliphatic hydroxyl groups excluding tert-OH is 1. The van der Waals surface area contributed by atoms with Gasteiger partial charge in [-0.1, -0.05) is 157 Å². The summed E-state index contributed by atoms with van der Waals surface area (Å²) in [5, 5.41) is 10.0. The van der Waals surface area contributed by atoms with E-state index in [0.717, 1.165) is 83.5 Å². The zero-order chi connectivity index (χ0) is 36.4. The third kappa shape index (κ3) is 39.8. The second-order valence-corrected chi connectivity index (χ2v) is 13.4. The molecule has 0 bridgehead atoms. The minimum Gasteiger partial charge on any atom is -0.463 e. The molecule has 0 aromatic heterocycles. The molecule has 50 heavy (non-hydrogen) atoms. The molecule has 0 amide bonds. The summed E-state index contributed by atoms with van der Waals surface area (Å²) < 4.78 is 10.3. The standard InChI is InChI=1S/C45H76O5/c1-3-5-7-9-11-13-15-17-19-21-22-24-26-28-30-32-34-36-38-40-45(48)50-42-43(46)41-49-44(47)39-37-35-33-31-29-27-25-23-20-18-16-14-12-10-8-6-4-2/h6,8,11-14,17-20,25,27,43,46H,3-5,7,9-10,15-16,21-24,26,28-42H2,1-2H3/b8-6-,13-11-,14-12-,19-17-,20-18-,27-25-/t43-/m0/s1. The maximum atomic E-state index is 12.0. The van der Waals surface area contributed by atoms with Gasteiger partial charge in [-0.25, -0.2) is 0 Å². The monoisotopic (exact) mass is 697 g/mol. The molecule has 5 heteroatoms. The number of carbonyl (C=O) groups is 2. The Hall–Kier alpha value is -2.66. The molecule has 5 nitrogen and oxygen atoms in total. The molecule has 0 spiro atoms. The van der Waals surface area contributed by atoms with Crippen molar-refractivity contribution in [3.63, 3.8) is 0 Å². The second kappa shape index (κ2) is 40.8. The van der Waals surface area contributed by atoms with Crippen LogP contribution in [0, 0.1) is 0 Å². The fourth-order valence-corrected chi connectivity index (χ4v) is 5.34. The van der Waals surface area contributed by atoms with Gasteiger partial charge in [-0.05, 0) is 83.5 Å². The van der Waals surface area contributed by atoms with Gasteiger partial charge < -0.3 is 14.6 Å². The smallest absolute Gasteiger partial charge is 0.305 e. The number of aliphatic hydroxyl groups is 1. The highest BCUT2D eigenvalue weighted by atomic mass is 16.6. The summed E-state index contributed by atoms with van der Waals surface area (Å²) >= 11 is 0. The van der Waals surface area contributed by atoms with Crippen molar-refractivity contribution in [2.75, 3.05) is 13.2 Å². The Morgan fingerprint density at radius 1 is 0.440 bits per heavy atom. The van der Waals surface area contributed by atoms with E-state index >= 15 is 0 Å². The van der Waals surface area contributed by atoms with Crippen LogP contribution in [0.3, 0.4) is 0 Å². The number of hydrogen-bond donors (Lipinski definition) is 1. The van der Waals surface area contributed by atoms with Crippen molar-refractivity contribution in [2.45, 2.75) is 187 Å². The molecule has 0 aliphatic carbocycles. The van der Waals surface area contributed by atoms with Crippen LogP contribution in [0.1, 0.15) is 181 Å². The van der Waals surface area contributed by atoms with E-state index in [2.05, 4.69) is 86.8 Å². The Morgan fingerprint density at radius 3 is 1.14 bits per heavy atom. The van der Waals surface area contributed by atoms with Gasteiger partial charge in [0.1, 0.15) is 19.3 Å². The molecule has 0 saturated carbocycles. The van der Waals surface area contributed by atoms with Crippen LogP contribution in [0.15, 0.2) is 72.9 Å². The lowest BCUT2D eigenvalue weighted by Gasteiger charge is -2.12. The van der Waals surface area contributed by atoms with E-state index in [1.807, 2.05) is 0 Å². The molecular weight excluding hydrogens is 620 g/mol. The molecule has 0 saturated heterocycles. The Morgan fingerprint density at radius 2 is 0.760 bits per heavy atom. The van der Waals surface area contributed by atoms with E-state index in [1.54, 1.807) is 0 Å². The maximum Gasteiger partial charge on any atom is 0.305 e. The van der Waals surface area contributed by atoms with Crippen LogP contribution in [0.2, 0.25) is 0 Å². The van der Waals surface area contributed by atoms with Crippen LogP contribution in [0.4, 0.5) is 0 Å². The molecule has 286 valence electrons. The van der Waals surface area contributed by atoms with Gasteiger partial charge in [0, 0.05) is 12.8 Å². The molecular formula is C45H76O5. The average molecular weight is 697 g/mol. The number of esters is 2. The summed E-state index contributed by atoms with van der Waals surface area (Å²) in [4.78, 5) is 24.0. The van der Waals surface area contributed by atoms with Gasteiger partial charge in [0.05, 0.1) is 0 Å². The van der Waals surface area contributed by atoms with Gasteiger partial charge in [-0.2, -0.15) is 0 Å². The maximum absolute atomic E-state index is 12.0. The second-order valence-electron chi connectivity index (χ2n) is 13.4. The first kappa shape index (κ1) is 47.3. The van der Waals surface area contributed by atoms with Gasteiger partial charge in [-0.15, -0.1) is 0 Å². The summed E-state index contributed by atoms with van der Waals surface area (Å²) in [5.74, 6) is -0.601. The Labute approximate surface area is 308 Å². The Bertz CT molecular complexity index is 926. The van der Waals surface area contributed by atoms with E-state index in [9.17, 15) is 14.7 Å². The third-order valence-corrected chi connectivity index (χ3v) is 8.43. The summed E-state index contributed by atoms with van der Waals surface area (Å²) in [6.07, 6.45) is 53.8. The Balaban J connectivity index is 3.50. The van der Waals surface area contributed by atoms with Gasteiger partial charge in [0.2, 0.25) is 0 Å². The fraction of sp³-hybridized carbons (Fsp3) is 0.689. The number of hydrogen-bond acceptors (Lipinski definition) is 5. The molecule has 1 N–H and O–H groups in total. The first-order chi connectivity index (χ1) is 24.6. The minimum absolute atomic E-state index is 0.130. The number of allylic oxidation sites excluding steroid dienone is 12. The lowest BCUT2D eigenvalue weighted by molar-refractivity contribution is -0.152. The van der Waals surface area contributed by atoms with E-state index < -0.39 is 6.10 Å². The largest absolute Gasteiger partial charge is 0.463 e. The summed E-state index contributed by atoms with van der Waals surface area (Å²) in [7, 11) is 0. The molecule has 0 fully saturated rings. The fourth-order valence-electron chi connectivity index (χ4n) is 5.34. The molecule has 0 heterocycles. The van der Waals surface area contributed by atoms with Crippen molar-refractivity contribution < 1.29 is 24.2 Å². The predicted octanol–water partition coefficient (Wildman–Crippen LogP) is 13.0. The lowest BCUT2D eigenvalue weighted by atomic mass is 10.1. The van der Waals surface area contributed by atoms with E-state index in [-0.39, 0.29) is 25.2 Å². The first-order valence-corrected chi connectivity index (χ1v) is 20.5. The number of ether oxygens (including phenoxy) is 2. The number of carbonyl (C=O) groups excluding carboxylic acids is 2. The molecule has 0 unspecified atom stereocenters. The molecule has 0 aromatic rings. The molecule has 0 radical (unpaired) electrons. The van der Waals surface area contributed by atoms with Crippen LogP contribution >= 0.6 is 0 Å². The van der Waals surface area contributed by atoms with Crippen molar-refractivity contribution >= 4 is 11.9 Å². The van der Waals surface area contributed by atoms with Gasteiger partial charge in [0.25, 0.3) is 0 Å². The van der Waals surface area contributed by atoms with Gasteiger partial charge in [0.15, 0.2) is 0 Å². The SMILES string of the molecule is CC/C=C\C/C=C\C/C=C\C/C=C\CCCCCCC(=O)OC[C@H](O)COC(=O)CCCCCCCCCCC/C=C\C/C=C\CCCCC. The summed E-state index contributed by atoms with van der Waals surface area (Å²) in [5.41, 5.74) is 0. The normalized spacial score (nSPS) is 12.9. The molecule has 0 aromatic carbocycles. The van der Waals surface area contributed by atoms with Crippen molar-refractivity contribution in [1.82, 2.24) is 0 Å². The van der Waals surface area contributed by atoms with Crippen LogP contribution in [0.25, 0.3) is 0 Å². The van der Waals surface area contributed by atoms with E-state index in [1.165, 1.54) is 70.6 Å². The predicted molar refractivity (Wildman–Crippen MR) is 214 cm³/mol. The van der Waals surface area contributed by atoms with Gasteiger partial charge >= 0.3 is 11.9 Å². The Kier molecular flexibility index (Phi) is 38.6. The van der Waals surface area contributed by atoms with Crippen LogP contribution in [0.5, 0.6) is 0 Å². The molecule has 0 aliphatic heterocycles. The van der Waals surface area contributed by atoms with Crippen LogP contribution in [-0.2, 0) is 19.1 Å². The lowest BCUT2D eigenvalue weighted by Crippen LogP contribution is -2.25. The third-order valence-electron chi connectivity index (χ3n) is 8.43. The highest BCUT2D eigenvalue weighted by Gasteiger charge is 2.12. The van der Waals surface area contributed by atoms with Gasteiger partial charge in [-0.3, -0.25) is 9.59 Å². The molecule has 0 rings (SSSR count). The van der Waals surface area contributed by atoms with Crippen molar-refractivity contribution in [3.8, 4) is 0 Å². The summed E-state index contributed by atoms with van der Waals surface area (Å²) in [6, 6.07) is 0. The molecule has 0 aliphatic rings. The van der Waals surface area contributed by atoms with E-state index in [4.69, 9.17) is 9.47 Å².